The predicted octanol–water partition coefficient (Wildman–Crippen LogP) is 6.12. The lowest BCUT2D eigenvalue weighted by atomic mass is 9.82. The van der Waals surface area contributed by atoms with E-state index in [2.05, 4.69) is 0 Å². The maximum absolute atomic E-state index is 14.6. The van der Waals surface area contributed by atoms with Crippen LogP contribution in [0.3, 0.4) is 0 Å². The number of ketones is 1. The molecule has 208 valence electrons. The van der Waals surface area contributed by atoms with Gasteiger partial charge in [-0.05, 0) is 43.9 Å². The highest BCUT2D eigenvalue weighted by atomic mass is 19.4. The van der Waals surface area contributed by atoms with Crippen molar-refractivity contribution in [2.24, 2.45) is 0 Å². The highest BCUT2D eigenvalue weighted by Crippen LogP contribution is 2.43. The number of hydrogen-bond acceptors (Lipinski definition) is 4. The van der Waals surface area contributed by atoms with Crippen LogP contribution in [0.25, 0.3) is 0 Å². The first kappa shape index (κ1) is 30.7. The topological polar surface area (TPSA) is 92.7 Å². The van der Waals surface area contributed by atoms with Crippen LogP contribution in [0.1, 0.15) is 60.0 Å². The zero-order chi connectivity index (χ0) is 28.6. The predicted molar refractivity (Wildman–Crippen MR) is 125 cm³/mol. The summed E-state index contributed by atoms with van der Waals surface area (Å²) in [5, 5.41) is 10.6. The molecule has 0 heterocycles. The first-order chi connectivity index (χ1) is 17.6. The summed E-state index contributed by atoms with van der Waals surface area (Å²) in [5.74, 6) is -3.90. The zero-order valence-electron chi connectivity index (χ0n) is 20.4. The molecule has 2 aromatic rings. The smallest absolute Gasteiger partial charge is 0.416 e. The Morgan fingerprint density at radius 2 is 1.47 bits per heavy atom. The Morgan fingerprint density at radius 3 is 2.00 bits per heavy atom. The molecule has 0 saturated heterocycles. The molecular formula is C26H27F6NO5. The molecule has 2 N–H and O–H groups in total. The van der Waals surface area contributed by atoms with E-state index < -0.39 is 60.4 Å². The third kappa shape index (κ3) is 9.07. The summed E-state index contributed by atoms with van der Waals surface area (Å²) >= 11 is 0. The third-order valence-corrected chi connectivity index (χ3v) is 5.67. The second-order valence-corrected chi connectivity index (χ2v) is 8.79. The Hall–Kier alpha value is -3.57. The molecule has 0 aliphatic rings. The average Bonchev–Trinajstić information content (AvgIpc) is 2.79. The number of rotatable bonds is 13. The average molecular weight is 547 g/mol. The van der Waals surface area contributed by atoms with E-state index in [4.69, 9.17) is 9.84 Å². The Labute approximate surface area is 215 Å². The van der Waals surface area contributed by atoms with Gasteiger partial charge in [0.05, 0.1) is 6.61 Å². The van der Waals surface area contributed by atoms with Crippen molar-refractivity contribution < 1.29 is 50.6 Å². The molecule has 0 aromatic heterocycles. The van der Waals surface area contributed by atoms with E-state index in [0.29, 0.717) is 6.42 Å². The Morgan fingerprint density at radius 1 is 0.868 bits per heavy atom. The van der Waals surface area contributed by atoms with Crippen LogP contribution in [0.4, 0.5) is 26.3 Å². The number of aliphatic carboxylic acids is 1. The van der Waals surface area contributed by atoms with E-state index in [1.807, 2.05) is 0 Å². The van der Waals surface area contributed by atoms with Crippen LogP contribution in [0, 0.1) is 6.92 Å². The molecule has 1 amide bonds. The number of halogens is 6. The number of amides is 1. The van der Waals surface area contributed by atoms with E-state index in [1.54, 1.807) is 24.4 Å². The number of benzene rings is 2. The van der Waals surface area contributed by atoms with Gasteiger partial charge in [-0.1, -0.05) is 42.0 Å². The van der Waals surface area contributed by atoms with Gasteiger partial charge in [0.15, 0.2) is 11.3 Å². The minimum Gasteiger partial charge on any atom is -0.494 e. The molecule has 38 heavy (non-hydrogen) atoms. The van der Waals surface area contributed by atoms with Crippen molar-refractivity contribution >= 4 is 17.7 Å². The standard InChI is InChI=1S/C26H27F6NO5/c1-17-5-7-18(8-6-17)21(34)16-24(26(30,31)32,33-22(35)15-23(36)37)19-9-11-20(12-10-19)38-14-4-2-3-13-25(27,28)29/h5-12H,2-4,13-16H2,1H3,(H,33,35)(H,36,37). The molecule has 12 heteroatoms. The lowest BCUT2D eigenvalue weighted by Crippen LogP contribution is -2.57. The molecule has 2 aromatic carbocycles. The van der Waals surface area contributed by atoms with Crippen molar-refractivity contribution in [1.29, 1.82) is 0 Å². The summed E-state index contributed by atoms with van der Waals surface area (Å²) in [5.41, 5.74) is -3.02. The molecular weight excluding hydrogens is 520 g/mol. The van der Waals surface area contributed by atoms with Crippen LogP contribution in [0.15, 0.2) is 48.5 Å². The van der Waals surface area contributed by atoms with Gasteiger partial charge < -0.3 is 15.2 Å². The lowest BCUT2D eigenvalue weighted by Gasteiger charge is -2.36. The fraction of sp³-hybridized carbons (Fsp3) is 0.423. The van der Waals surface area contributed by atoms with Crippen LogP contribution in [-0.2, 0) is 15.1 Å². The first-order valence-corrected chi connectivity index (χ1v) is 11.6. The van der Waals surface area contributed by atoms with Gasteiger partial charge in [-0.25, -0.2) is 0 Å². The number of unbranched alkanes of at least 4 members (excludes halogenated alkanes) is 2. The quantitative estimate of drug-likeness (QED) is 0.137. The van der Waals surface area contributed by atoms with Crippen molar-refractivity contribution in [3.63, 3.8) is 0 Å². The highest BCUT2D eigenvalue weighted by Gasteiger charge is 2.58. The number of carboxylic acid groups (broad SMARTS) is 1. The molecule has 0 spiro atoms. The molecule has 0 fully saturated rings. The van der Waals surface area contributed by atoms with Crippen molar-refractivity contribution in [2.45, 2.75) is 63.3 Å². The fourth-order valence-corrected chi connectivity index (χ4v) is 3.69. The SMILES string of the molecule is Cc1ccc(C(=O)CC(NC(=O)CC(=O)O)(c2ccc(OCCCCCC(F)(F)F)cc2)C(F)(F)F)cc1. The highest BCUT2D eigenvalue weighted by molar-refractivity contribution is 5.98. The molecule has 0 bridgehead atoms. The second-order valence-electron chi connectivity index (χ2n) is 8.79. The minimum absolute atomic E-state index is 0.0258. The van der Waals surface area contributed by atoms with Gasteiger partial charge in [-0.15, -0.1) is 0 Å². The summed E-state index contributed by atoms with van der Waals surface area (Å²) in [6.07, 6.45) is -12.4. The van der Waals surface area contributed by atoms with Gasteiger partial charge >= 0.3 is 18.3 Å². The molecule has 2 rings (SSSR count). The normalized spacial score (nSPS) is 13.4. The van der Waals surface area contributed by atoms with E-state index in [0.717, 1.165) is 17.7 Å². The molecule has 1 unspecified atom stereocenters. The maximum Gasteiger partial charge on any atom is 0.416 e. The zero-order valence-corrected chi connectivity index (χ0v) is 20.4. The molecule has 6 nitrogen and oxygen atoms in total. The Bertz CT molecular complexity index is 1100. The summed E-state index contributed by atoms with van der Waals surface area (Å²) in [6.45, 7) is 1.76. The maximum atomic E-state index is 14.6. The van der Waals surface area contributed by atoms with Crippen LogP contribution in [0.2, 0.25) is 0 Å². The second kappa shape index (κ2) is 12.8. The van der Waals surface area contributed by atoms with Crippen LogP contribution in [0.5, 0.6) is 5.75 Å². The van der Waals surface area contributed by atoms with Crippen LogP contribution < -0.4 is 10.1 Å². The molecule has 0 aliphatic carbocycles. The van der Waals surface area contributed by atoms with E-state index in [9.17, 15) is 40.7 Å². The van der Waals surface area contributed by atoms with E-state index in [1.165, 1.54) is 24.3 Å². The number of aryl methyl sites for hydroxylation is 1. The van der Waals surface area contributed by atoms with Crippen molar-refractivity contribution in [1.82, 2.24) is 5.32 Å². The summed E-state index contributed by atoms with van der Waals surface area (Å²) in [4.78, 5) is 36.0. The molecule has 0 saturated carbocycles. The third-order valence-electron chi connectivity index (χ3n) is 5.67. The van der Waals surface area contributed by atoms with Crippen LogP contribution in [-0.4, -0.2) is 41.7 Å². The number of carbonyl (C=O) groups excluding carboxylic acids is 2. The molecule has 0 aliphatic heterocycles. The first-order valence-electron chi connectivity index (χ1n) is 11.6. The van der Waals surface area contributed by atoms with Crippen molar-refractivity contribution in [3.8, 4) is 5.75 Å². The number of alkyl halides is 6. The van der Waals surface area contributed by atoms with Crippen molar-refractivity contribution in [2.75, 3.05) is 6.61 Å². The molecule has 0 radical (unpaired) electrons. The van der Waals surface area contributed by atoms with Gasteiger partial charge in [-0.2, -0.15) is 26.3 Å². The molecule has 1 atom stereocenters. The summed E-state index contributed by atoms with van der Waals surface area (Å²) < 4.78 is 85.7. The Kier molecular flexibility index (Phi) is 10.3. The van der Waals surface area contributed by atoms with Gasteiger partial charge in [-0.3, -0.25) is 14.4 Å². The number of ether oxygens (including phenoxy) is 1. The number of nitrogens with one attached hydrogen (secondary N) is 1. The van der Waals surface area contributed by atoms with Gasteiger partial charge in [0.2, 0.25) is 5.91 Å². The minimum atomic E-state index is -5.21. The van der Waals surface area contributed by atoms with Gasteiger partial charge in [0, 0.05) is 18.4 Å². The van der Waals surface area contributed by atoms with Gasteiger partial charge in [0.25, 0.3) is 0 Å². The number of Topliss-reactive ketones (excluding diaryl/α,β-unsaturated/α-hetero) is 1. The monoisotopic (exact) mass is 547 g/mol. The van der Waals surface area contributed by atoms with Crippen LogP contribution >= 0.6 is 0 Å². The summed E-state index contributed by atoms with van der Waals surface area (Å²) in [7, 11) is 0. The van der Waals surface area contributed by atoms with Gasteiger partial charge in [0.1, 0.15) is 12.2 Å². The Balaban J connectivity index is 2.28. The summed E-state index contributed by atoms with van der Waals surface area (Å²) in [6, 6.07) is 10.1. The fourth-order valence-electron chi connectivity index (χ4n) is 3.69. The number of hydrogen-bond donors (Lipinski definition) is 2. The largest absolute Gasteiger partial charge is 0.494 e. The number of carboxylic acids is 1. The van der Waals surface area contributed by atoms with Crippen molar-refractivity contribution in [3.05, 3.63) is 65.2 Å². The lowest BCUT2D eigenvalue weighted by molar-refractivity contribution is -0.202. The number of carbonyl (C=O) groups is 3. The van der Waals surface area contributed by atoms with E-state index >= 15 is 0 Å². The van der Waals surface area contributed by atoms with E-state index in [-0.39, 0.29) is 30.8 Å².